The van der Waals surface area contributed by atoms with Crippen LogP contribution in [0.3, 0.4) is 0 Å². The van der Waals surface area contributed by atoms with E-state index in [1.165, 1.54) is 81.9 Å². The maximum absolute atomic E-state index is 14.5. The van der Waals surface area contributed by atoms with Crippen LogP contribution in [0.1, 0.15) is 125 Å². The van der Waals surface area contributed by atoms with E-state index in [0.29, 0.717) is 23.5 Å². The van der Waals surface area contributed by atoms with Crippen LogP contribution in [0.2, 0.25) is 0 Å². The highest BCUT2D eigenvalue weighted by Gasteiger charge is 2.23. The van der Waals surface area contributed by atoms with E-state index < -0.39 is 17.6 Å². The molecule has 0 atom stereocenters. The van der Waals surface area contributed by atoms with Crippen LogP contribution in [0.5, 0.6) is 5.75 Å². The molecule has 0 N–H and O–H groups in total. The highest BCUT2D eigenvalue weighted by molar-refractivity contribution is 5.91. The molecular formula is C31H42F2O2. The van der Waals surface area contributed by atoms with Crippen LogP contribution in [0.4, 0.5) is 8.78 Å². The Balaban J connectivity index is 1.49. The average molecular weight is 485 g/mol. The summed E-state index contributed by atoms with van der Waals surface area (Å²) in [6, 6.07) is 10.3. The predicted octanol–water partition coefficient (Wildman–Crippen LogP) is 9.55. The zero-order valence-corrected chi connectivity index (χ0v) is 21.6. The molecular weight excluding hydrogens is 442 g/mol. The van der Waals surface area contributed by atoms with E-state index in [2.05, 4.69) is 13.8 Å². The van der Waals surface area contributed by atoms with Gasteiger partial charge in [0, 0.05) is 0 Å². The Hall–Kier alpha value is -2.23. The molecule has 2 nitrogen and oxygen atoms in total. The molecule has 0 spiro atoms. The number of rotatable bonds is 13. The maximum Gasteiger partial charge on any atom is 0.343 e. The number of halogens is 2. The van der Waals surface area contributed by atoms with Crippen molar-refractivity contribution in [2.24, 2.45) is 5.92 Å². The van der Waals surface area contributed by atoms with E-state index in [9.17, 15) is 13.6 Å². The Bertz CT molecular complexity index is 914. The molecule has 1 aliphatic rings. The minimum atomic E-state index is -1.09. The van der Waals surface area contributed by atoms with Gasteiger partial charge in [-0.15, -0.1) is 0 Å². The van der Waals surface area contributed by atoms with Gasteiger partial charge in [-0.25, -0.2) is 9.18 Å². The first-order valence-electron chi connectivity index (χ1n) is 13.8. The topological polar surface area (TPSA) is 26.3 Å². The summed E-state index contributed by atoms with van der Waals surface area (Å²) in [5.74, 6) is -1.65. The highest BCUT2D eigenvalue weighted by Crippen LogP contribution is 2.38. The number of hydrogen-bond donors (Lipinski definition) is 0. The monoisotopic (exact) mass is 484 g/mol. The number of carbonyl (C=O) groups is 1. The van der Waals surface area contributed by atoms with Crippen molar-refractivity contribution in [3.8, 4) is 5.75 Å². The SMILES string of the molecule is CCCCCCCC1CCC(c2ccc(C(=O)Oc3ccc(CCCCC)c(F)c3F)cc2)CC1. The number of ether oxygens (including phenoxy) is 1. The molecule has 0 unspecified atom stereocenters. The van der Waals surface area contributed by atoms with Gasteiger partial charge in [0.15, 0.2) is 11.6 Å². The smallest absolute Gasteiger partial charge is 0.343 e. The second-order valence-electron chi connectivity index (χ2n) is 10.2. The summed E-state index contributed by atoms with van der Waals surface area (Å²) in [4.78, 5) is 12.6. The maximum atomic E-state index is 14.5. The molecule has 3 rings (SSSR count). The third-order valence-corrected chi connectivity index (χ3v) is 7.56. The van der Waals surface area contributed by atoms with Crippen molar-refractivity contribution in [1.82, 2.24) is 0 Å². The van der Waals surface area contributed by atoms with Crippen LogP contribution in [0.15, 0.2) is 36.4 Å². The highest BCUT2D eigenvalue weighted by atomic mass is 19.2. The van der Waals surface area contributed by atoms with Gasteiger partial charge in [-0.3, -0.25) is 0 Å². The van der Waals surface area contributed by atoms with Gasteiger partial charge in [-0.2, -0.15) is 4.39 Å². The van der Waals surface area contributed by atoms with Crippen molar-refractivity contribution in [3.63, 3.8) is 0 Å². The van der Waals surface area contributed by atoms with Crippen molar-refractivity contribution in [3.05, 3.63) is 64.7 Å². The molecule has 1 aliphatic carbocycles. The third kappa shape index (κ3) is 8.15. The number of unbranched alkanes of at least 4 members (excludes halogenated alkanes) is 6. The lowest BCUT2D eigenvalue weighted by molar-refractivity contribution is 0.0726. The number of carbonyl (C=O) groups excluding carboxylic acids is 1. The Morgan fingerprint density at radius 1 is 0.800 bits per heavy atom. The van der Waals surface area contributed by atoms with Gasteiger partial charge in [0.25, 0.3) is 0 Å². The number of esters is 1. The van der Waals surface area contributed by atoms with Crippen molar-refractivity contribution in [2.45, 2.75) is 110 Å². The average Bonchev–Trinajstić information content (AvgIpc) is 2.88. The minimum Gasteiger partial charge on any atom is -0.420 e. The van der Waals surface area contributed by atoms with Crippen LogP contribution in [0.25, 0.3) is 0 Å². The largest absolute Gasteiger partial charge is 0.420 e. The third-order valence-electron chi connectivity index (χ3n) is 7.56. The number of aryl methyl sites for hydroxylation is 1. The van der Waals surface area contributed by atoms with Crippen LogP contribution in [-0.4, -0.2) is 5.97 Å². The Morgan fingerprint density at radius 2 is 1.46 bits per heavy atom. The summed E-state index contributed by atoms with van der Waals surface area (Å²) in [5, 5.41) is 0. The molecule has 0 radical (unpaired) electrons. The van der Waals surface area contributed by atoms with Gasteiger partial charge in [0.05, 0.1) is 5.56 Å². The summed E-state index contributed by atoms with van der Waals surface area (Å²) in [7, 11) is 0. The molecule has 0 aromatic heterocycles. The van der Waals surface area contributed by atoms with E-state index in [1.54, 1.807) is 12.1 Å². The van der Waals surface area contributed by atoms with Crippen LogP contribution >= 0.6 is 0 Å². The second-order valence-corrected chi connectivity index (χ2v) is 10.2. The summed E-state index contributed by atoms with van der Waals surface area (Å²) in [6.07, 6.45) is 16.3. The summed E-state index contributed by atoms with van der Waals surface area (Å²) in [6.45, 7) is 4.32. The Labute approximate surface area is 210 Å². The summed E-state index contributed by atoms with van der Waals surface area (Å²) in [5.41, 5.74) is 1.92. The Kier molecular flexibility index (Phi) is 11.2. The van der Waals surface area contributed by atoms with Gasteiger partial charge in [-0.05, 0) is 79.7 Å². The molecule has 0 saturated heterocycles. The zero-order valence-electron chi connectivity index (χ0n) is 21.6. The molecule has 1 fully saturated rings. The molecule has 192 valence electrons. The van der Waals surface area contributed by atoms with Gasteiger partial charge >= 0.3 is 5.97 Å². The summed E-state index contributed by atoms with van der Waals surface area (Å²) >= 11 is 0. The van der Waals surface area contributed by atoms with Crippen LogP contribution in [-0.2, 0) is 6.42 Å². The normalized spacial score (nSPS) is 17.9. The van der Waals surface area contributed by atoms with Crippen LogP contribution in [0, 0.1) is 17.6 Å². The van der Waals surface area contributed by atoms with Crippen molar-refractivity contribution in [1.29, 1.82) is 0 Å². The molecule has 2 aromatic carbocycles. The number of benzene rings is 2. The Morgan fingerprint density at radius 3 is 2.14 bits per heavy atom. The first-order chi connectivity index (χ1) is 17.0. The van der Waals surface area contributed by atoms with Gasteiger partial charge in [0.1, 0.15) is 0 Å². The zero-order chi connectivity index (χ0) is 25.0. The van der Waals surface area contributed by atoms with Crippen molar-refractivity contribution >= 4 is 5.97 Å². The molecule has 1 saturated carbocycles. The van der Waals surface area contributed by atoms with Gasteiger partial charge < -0.3 is 4.74 Å². The van der Waals surface area contributed by atoms with Gasteiger partial charge in [0.2, 0.25) is 5.82 Å². The van der Waals surface area contributed by atoms with E-state index in [-0.39, 0.29) is 5.75 Å². The molecule has 0 amide bonds. The minimum absolute atomic E-state index is 0.325. The molecule has 35 heavy (non-hydrogen) atoms. The van der Waals surface area contributed by atoms with Crippen LogP contribution < -0.4 is 4.74 Å². The van der Waals surface area contributed by atoms with E-state index in [1.807, 2.05) is 12.1 Å². The molecule has 0 aliphatic heterocycles. The number of hydrogen-bond acceptors (Lipinski definition) is 2. The molecule has 4 heteroatoms. The summed E-state index contributed by atoms with van der Waals surface area (Å²) < 4.78 is 34.0. The molecule has 0 heterocycles. The fourth-order valence-electron chi connectivity index (χ4n) is 5.28. The first kappa shape index (κ1) is 27.4. The van der Waals surface area contributed by atoms with Crippen molar-refractivity contribution < 1.29 is 18.3 Å². The lowest BCUT2D eigenvalue weighted by Gasteiger charge is -2.29. The van der Waals surface area contributed by atoms with E-state index in [0.717, 1.165) is 25.2 Å². The van der Waals surface area contributed by atoms with Gasteiger partial charge in [-0.1, -0.05) is 83.4 Å². The molecule has 0 bridgehead atoms. The first-order valence-corrected chi connectivity index (χ1v) is 13.8. The quantitative estimate of drug-likeness (QED) is 0.161. The second kappa shape index (κ2) is 14.4. The fourth-order valence-corrected chi connectivity index (χ4v) is 5.28. The molecule has 2 aromatic rings. The van der Waals surface area contributed by atoms with E-state index in [4.69, 9.17) is 4.74 Å². The fraction of sp³-hybridized carbons (Fsp3) is 0.581. The standard InChI is InChI=1S/C31H42F2O2/c1-3-5-7-8-10-11-23-13-15-24(16-14-23)25-17-19-27(20-18-25)31(34)35-28-22-21-26(12-9-6-4-2)29(32)30(28)33/h17-24H,3-16H2,1-2H3. The lowest BCUT2D eigenvalue weighted by atomic mass is 9.77. The van der Waals surface area contributed by atoms with Crippen molar-refractivity contribution in [2.75, 3.05) is 0 Å². The lowest BCUT2D eigenvalue weighted by Crippen LogP contribution is -2.14. The predicted molar refractivity (Wildman–Crippen MR) is 139 cm³/mol. The van der Waals surface area contributed by atoms with E-state index >= 15 is 0 Å².